The molecule has 1 heterocycles. The van der Waals surface area contributed by atoms with Gasteiger partial charge in [0.2, 0.25) is 5.91 Å². The average molecular weight is 394 g/mol. The first kappa shape index (κ1) is 19.4. The van der Waals surface area contributed by atoms with Crippen molar-refractivity contribution in [2.24, 2.45) is 0 Å². The molecule has 1 N–H and O–H groups in total. The minimum Gasteiger partial charge on any atom is -0.490 e. The number of anilines is 1. The smallest absolute Gasteiger partial charge is 0.294 e. The molecule has 1 saturated heterocycles. The molecule has 3 amide bonds. The minimum atomic E-state index is -0.481. The van der Waals surface area contributed by atoms with Crippen LogP contribution >= 0.6 is 11.8 Å². The van der Waals surface area contributed by atoms with Gasteiger partial charge in [-0.25, -0.2) is 0 Å². The molecule has 0 saturated carbocycles. The van der Waals surface area contributed by atoms with E-state index in [0.717, 1.165) is 22.2 Å². The normalized spacial score (nSPS) is 15.0. The lowest BCUT2D eigenvalue weighted by Crippen LogP contribution is -2.36. The number of imide groups is 1. The summed E-state index contributed by atoms with van der Waals surface area (Å²) in [5.41, 5.74) is 1.36. The predicted molar refractivity (Wildman–Crippen MR) is 110 cm³/mol. The summed E-state index contributed by atoms with van der Waals surface area (Å²) >= 11 is 0.817. The summed E-state index contributed by atoms with van der Waals surface area (Å²) in [6, 6.07) is 16.0. The lowest BCUT2D eigenvalue weighted by Gasteiger charge is -2.12. The Kier molecular flexibility index (Phi) is 6.29. The fourth-order valence-electron chi connectivity index (χ4n) is 2.47. The Bertz CT molecular complexity index is 923. The van der Waals surface area contributed by atoms with Crippen LogP contribution in [0.4, 0.5) is 10.5 Å². The first-order valence-corrected chi connectivity index (χ1v) is 9.32. The van der Waals surface area contributed by atoms with E-state index in [1.807, 2.05) is 6.07 Å². The highest BCUT2D eigenvalue weighted by Gasteiger charge is 2.36. The first-order chi connectivity index (χ1) is 13.6. The first-order valence-electron chi connectivity index (χ1n) is 8.51. The number of carbonyl (C=O) groups excluding carboxylic acids is 3. The molecule has 3 rings (SSSR count). The number of carbonyl (C=O) groups is 3. The maximum Gasteiger partial charge on any atom is 0.294 e. The Balaban J connectivity index is 1.64. The van der Waals surface area contributed by atoms with E-state index < -0.39 is 17.1 Å². The zero-order valence-corrected chi connectivity index (χ0v) is 15.8. The van der Waals surface area contributed by atoms with Gasteiger partial charge in [0.15, 0.2) is 0 Å². The summed E-state index contributed by atoms with van der Waals surface area (Å²) < 4.78 is 5.41. The van der Waals surface area contributed by atoms with E-state index in [1.54, 1.807) is 60.7 Å². The summed E-state index contributed by atoms with van der Waals surface area (Å²) in [5.74, 6) is -0.230. The van der Waals surface area contributed by atoms with Crippen LogP contribution in [0.15, 0.2) is 72.2 Å². The second-order valence-electron chi connectivity index (χ2n) is 5.85. The van der Waals surface area contributed by atoms with Gasteiger partial charge in [0.05, 0.1) is 4.91 Å². The van der Waals surface area contributed by atoms with Gasteiger partial charge in [0.25, 0.3) is 11.1 Å². The van der Waals surface area contributed by atoms with Crippen molar-refractivity contribution in [3.05, 3.63) is 77.7 Å². The SMILES string of the molecule is C=CCOc1ccc(/C=C2/SC(=O)N(CC(=O)Nc3ccccc3)C2=O)cc1. The standard InChI is InChI=1S/C21H18N2O4S/c1-2-12-27-17-10-8-15(9-11-17)13-18-20(25)23(21(26)28-18)14-19(24)22-16-6-4-3-5-7-16/h2-11,13H,1,12,14H2,(H,22,24)/b18-13+. The molecule has 0 bridgehead atoms. The number of para-hydroxylation sites is 1. The van der Waals surface area contributed by atoms with E-state index in [4.69, 9.17) is 4.74 Å². The fraction of sp³-hybridized carbons (Fsp3) is 0.0952. The van der Waals surface area contributed by atoms with Gasteiger partial charge in [-0.05, 0) is 47.7 Å². The highest BCUT2D eigenvalue weighted by atomic mass is 32.2. The number of hydrogen-bond donors (Lipinski definition) is 1. The molecule has 2 aromatic rings. The molecule has 0 radical (unpaired) electrons. The number of hydrogen-bond acceptors (Lipinski definition) is 5. The van der Waals surface area contributed by atoms with Crippen molar-refractivity contribution in [2.75, 3.05) is 18.5 Å². The zero-order valence-electron chi connectivity index (χ0n) is 15.0. The van der Waals surface area contributed by atoms with Crippen molar-refractivity contribution >= 4 is 40.6 Å². The fourth-order valence-corrected chi connectivity index (χ4v) is 3.31. The molecule has 2 aromatic carbocycles. The highest BCUT2D eigenvalue weighted by Crippen LogP contribution is 2.32. The molecule has 1 aliphatic heterocycles. The molecular weight excluding hydrogens is 376 g/mol. The third-order valence-corrected chi connectivity index (χ3v) is 4.69. The van der Waals surface area contributed by atoms with Crippen molar-refractivity contribution in [2.45, 2.75) is 0 Å². The van der Waals surface area contributed by atoms with Crippen molar-refractivity contribution in [3.63, 3.8) is 0 Å². The van der Waals surface area contributed by atoms with Gasteiger partial charge in [-0.1, -0.05) is 43.0 Å². The van der Waals surface area contributed by atoms with E-state index in [1.165, 1.54) is 0 Å². The van der Waals surface area contributed by atoms with Gasteiger partial charge < -0.3 is 10.1 Å². The van der Waals surface area contributed by atoms with E-state index in [-0.39, 0.29) is 11.4 Å². The van der Waals surface area contributed by atoms with E-state index in [2.05, 4.69) is 11.9 Å². The van der Waals surface area contributed by atoms with Crippen LogP contribution in [-0.4, -0.2) is 35.1 Å². The van der Waals surface area contributed by atoms with E-state index in [0.29, 0.717) is 18.0 Å². The summed E-state index contributed by atoms with van der Waals surface area (Å²) in [4.78, 5) is 38.0. The van der Waals surface area contributed by atoms with Crippen LogP contribution in [0.2, 0.25) is 0 Å². The molecule has 1 aliphatic rings. The number of nitrogens with zero attached hydrogens (tertiary/aromatic N) is 1. The molecule has 0 aromatic heterocycles. The monoisotopic (exact) mass is 394 g/mol. The van der Waals surface area contributed by atoms with Gasteiger partial charge >= 0.3 is 0 Å². The Morgan fingerprint density at radius 1 is 1.11 bits per heavy atom. The van der Waals surface area contributed by atoms with Crippen molar-refractivity contribution in [1.82, 2.24) is 4.90 Å². The maximum absolute atomic E-state index is 12.5. The number of ether oxygens (including phenoxy) is 1. The predicted octanol–water partition coefficient (Wildman–Crippen LogP) is 3.93. The third-order valence-electron chi connectivity index (χ3n) is 3.78. The topological polar surface area (TPSA) is 75.7 Å². The minimum absolute atomic E-state index is 0.275. The van der Waals surface area contributed by atoms with Crippen LogP contribution in [0.5, 0.6) is 5.75 Å². The van der Waals surface area contributed by atoms with Crippen LogP contribution in [0.1, 0.15) is 5.56 Å². The molecule has 0 unspecified atom stereocenters. The number of benzene rings is 2. The molecular formula is C21H18N2O4S. The summed E-state index contributed by atoms with van der Waals surface area (Å²) in [6.07, 6.45) is 3.27. The van der Waals surface area contributed by atoms with E-state index >= 15 is 0 Å². The number of nitrogens with one attached hydrogen (secondary N) is 1. The van der Waals surface area contributed by atoms with Gasteiger partial charge in [-0.2, -0.15) is 0 Å². The molecule has 7 heteroatoms. The quantitative estimate of drug-likeness (QED) is 0.569. The Morgan fingerprint density at radius 2 is 1.82 bits per heavy atom. The second-order valence-corrected chi connectivity index (χ2v) is 6.84. The number of thioether (sulfide) groups is 1. The summed E-state index contributed by atoms with van der Waals surface area (Å²) in [7, 11) is 0. The molecule has 6 nitrogen and oxygen atoms in total. The van der Waals surface area contributed by atoms with E-state index in [9.17, 15) is 14.4 Å². The van der Waals surface area contributed by atoms with Crippen molar-refractivity contribution in [1.29, 1.82) is 0 Å². The molecule has 142 valence electrons. The summed E-state index contributed by atoms with van der Waals surface area (Å²) in [5, 5.41) is 2.20. The van der Waals surface area contributed by atoms with Crippen molar-refractivity contribution < 1.29 is 19.1 Å². The molecule has 0 spiro atoms. The van der Waals surface area contributed by atoms with Crippen LogP contribution in [0.3, 0.4) is 0 Å². The van der Waals surface area contributed by atoms with Crippen LogP contribution in [-0.2, 0) is 9.59 Å². The summed E-state index contributed by atoms with van der Waals surface area (Å²) in [6.45, 7) is 3.67. The molecule has 1 fully saturated rings. The molecule has 0 aliphatic carbocycles. The Labute approximate surface area is 166 Å². The third kappa shape index (κ3) is 4.89. The Hall–Kier alpha value is -3.32. The Morgan fingerprint density at radius 3 is 2.50 bits per heavy atom. The lowest BCUT2D eigenvalue weighted by molar-refractivity contribution is -0.127. The zero-order chi connectivity index (χ0) is 19.9. The van der Waals surface area contributed by atoms with Gasteiger partial charge in [-0.3, -0.25) is 19.3 Å². The highest BCUT2D eigenvalue weighted by molar-refractivity contribution is 8.18. The van der Waals surface area contributed by atoms with Crippen LogP contribution < -0.4 is 10.1 Å². The van der Waals surface area contributed by atoms with Crippen LogP contribution in [0.25, 0.3) is 6.08 Å². The van der Waals surface area contributed by atoms with Crippen molar-refractivity contribution in [3.8, 4) is 5.75 Å². The van der Waals surface area contributed by atoms with Crippen LogP contribution in [0, 0.1) is 0 Å². The maximum atomic E-state index is 12.5. The number of amides is 3. The van der Waals surface area contributed by atoms with Gasteiger partial charge in [0.1, 0.15) is 18.9 Å². The molecule has 0 atom stereocenters. The lowest BCUT2D eigenvalue weighted by atomic mass is 10.2. The number of rotatable bonds is 7. The largest absolute Gasteiger partial charge is 0.490 e. The van der Waals surface area contributed by atoms with Gasteiger partial charge in [-0.15, -0.1) is 0 Å². The molecule has 28 heavy (non-hydrogen) atoms. The van der Waals surface area contributed by atoms with Gasteiger partial charge in [0, 0.05) is 5.69 Å². The average Bonchev–Trinajstić information content (AvgIpc) is 2.95. The second kappa shape index (κ2) is 9.05.